The molecular weight excluding hydrogens is 410 g/mol. The van der Waals surface area contributed by atoms with E-state index in [1.165, 1.54) is 35.8 Å². The molecule has 29 heavy (non-hydrogen) atoms. The first-order valence-electron chi connectivity index (χ1n) is 8.55. The van der Waals surface area contributed by atoms with Crippen LogP contribution in [0.5, 0.6) is 0 Å². The number of aromatic nitrogens is 2. The van der Waals surface area contributed by atoms with Crippen molar-refractivity contribution in [1.29, 1.82) is 0 Å². The molecule has 146 valence electrons. The second-order valence-corrected chi connectivity index (χ2v) is 8.90. The smallest absolute Gasteiger partial charge is 0.293 e. The summed E-state index contributed by atoms with van der Waals surface area (Å²) in [4.78, 5) is 21.4. The number of furan rings is 1. The minimum absolute atomic E-state index is 0.0564. The molecule has 1 aromatic carbocycles. The Kier molecular flexibility index (Phi) is 5.24. The van der Waals surface area contributed by atoms with Gasteiger partial charge in [-0.1, -0.05) is 24.3 Å². The van der Waals surface area contributed by atoms with Crippen LogP contribution in [0.2, 0.25) is 0 Å². The van der Waals surface area contributed by atoms with Crippen LogP contribution >= 0.6 is 11.3 Å². The number of rotatable bonds is 6. The number of pyridine rings is 1. The van der Waals surface area contributed by atoms with Crippen LogP contribution in [0.1, 0.15) is 16.1 Å². The van der Waals surface area contributed by atoms with Crippen molar-refractivity contribution in [3.63, 3.8) is 0 Å². The van der Waals surface area contributed by atoms with E-state index in [9.17, 15) is 13.2 Å². The number of benzene rings is 1. The van der Waals surface area contributed by atoms with Gasteiger partial charge in [-0.15, -0.1) is 11.3 Å². The van der Waals surface area contributed by atoms with Gasteiger partial charge in [0.1, 0.15) is 5.69 Å². The Morgan fingerprint density at radius 2 is 1.83 bits per heavy atom. The molecule has 0 radical (unpaired) electrons. The fourth-order valence-corrected chi connectivity index (χ4v) is 4.76. The van der Waals surface area contributed by atoms with Gasteiger partial charge in [0, 0.05) is 17.1 Å². The topological polar surface area (TPSA) is 102 Å². The number of anilines is 1. The average molecular weight is 425 g/mol. The predicted octanol–water partition coefficient (Wildman–Crippen LogP) is 4.02. The third-order valence-corrected chi connectivity index (χ3v) is 6.49. The summed E-state index contributed by atoms with van der Waals surface area (Å²) in [6.07, 6.45) is 2.96. The maximum atomic E-state index is 12.6. The highest BCUT2D eigenvalue weighted by atomic mass is 32.2. The van der Waals surface area contributed by atoms with E-state index in [2.05, 4.69) is 15.3 Å². The van der Waals surface area contributed by atoms with Gasteiger partial charge < -0.3 is 4.42 Å². The van der Waals surface area contributed by atoms with Crippen LogP contribution in [0, 0.1) is 0 Å². The first-order chi connectivity index (χ1) is 14.0. The summed E-state index contributed by atoms with van der Waals surface area (Å²) in [5, 5.41) is 4.80. The normalized spacial score (nSPS) is 11.3. The van der Waals surface area contributed by atoms with Gasteiger partial charge in [0.15, 0.2) is 20.7 Å². The highest BCUT2D eigenvalue weighted by molar-refractivity contribution is 7.90. The van der Waals surface area contributed by atoms with Crippen molar-refractivity contribution in [3.8, 4) is 11.4 Å². The SMILES string of the molecule is O=C(Nc1nc(-c2ccccn2)cs1)c1occc1CS(=O)(=O)c1ccccc1. The van der Waals surface area contributed by atoms with Crippen molar-refractivity contribution in [2.24, 2.45) is 0 Å². The van der Waals surface area contributed by atoms with Gasteiger partial charge in [-0.05, 0) is 30.3 Å². The lowest BCUT2D eigenvalue weighted by Crippen LogP contribution is -2.14. The van der Waals surface area contributed by atoms with Gasteiger partial charge in [0.05, 0.1) is 22.6 Å². The molecule has 0 bridgehead atoms. The van der Waals surface area contributed by atoms with E-state index in [4.69, 9.17) is 4.42 Å². The minimum Gasteiger partial charge on any atom is -0.459 e. The van der Waals surface area contributed by atoms with Crippen molar-refractivity contribution in [1.82, 2.24) is 9.97 Å². The molecule has 0 unspecified atom stereocenters. The highest BCUT2D eigenvalue weighted by Gasteiger charge is 2.23. The van der Waals surface area contributed by atoms with Gasteiger partial charge in [-0.25, -0.2) is 13.4 Å². The second kappa shape index (κ2) is 7.98. The molecule has 4 rings (SSSR count). The Bertz CT molecular complexity index is 1230. The number of nitrogens with one attached hydrogen (secondary N) is 1. The van der Waals surface area contributed by atoms with Crippen molar-refractivity contribution >= 4 is 32.2 Å². The number of thiazole rings is 1. The van der Waals surface area contributed by atoms with Crippen molar-refractivity contribution in [2.75, 3.05) is 5.32 Å². The molecule has 0 aliphatic carbocycles. The first kappa shape index (κ1) is 19.0. The van der Waals surface area contributed by atoms with Crippen molar-refractivity contribution in [3.05, 3.63) is 83.8 Å². The van der Waals surface area contributed by atoms with Crippen LogP contribution < -0.4 is 5.32 Å². The lowest BCUT2D eigenvalue weighted by atomic mass is 10.3. The summed E-state index contributed by atoms with van der Waals surface area (Å²) in [6.45, 7) is 0. The summed E-state index contributed by atoms with van der Waals surface area (Å²) in [5.74, 6) is -0.956. The van der Waals surface area contributed by atoms with E-state index < -0.39 is 15.7 Å². The molecular formula is C20H15N3O4S2. The number of hydrogen-bond acceptors (Lipinski definition) is 7. The standard InChI is InChI=1S/C20H15N3O4S2/c24-19(23-20-22-17(12-28-20)16-8-4-5-10-21-16)18-14(9-11-27-18)13-29(25,26)15-6-2-1-3-7-15/h1-12H,13H2,(H,22,23,24). The predicted molar refractivity (Wildman–Crippen MR) is 109 cm³/mol. The minimum atomic E-state index is -3.61. The fraction of sp³-hybridized carbons (Fsp3) is 0.0500. The van der Waals surface area contributed by atoms with E-state index in [1.807, 2.05) is 12.1 Å². The van der Waals surface area contributed by atoms with Crippen molar-refractivity contribution in [2.45, 2.75) is 10.6 Å². The van der Waals surface area contributed by atoms with Crippen LogP contribution in [-0.4, -0.2) is 24.3 Å². The molecule has 4 aromatic rings. The average Bonchev–Trinajstić information content (AvgIpc) is 3.39. The zero-order valence-corrected chi connectivity index (χ0v) is 16.6. The number of amides is 1. The van der Waals surface area contributed by atoms with Gasteiger partial charge >= 0.3 is 0 Å². The van der Waals surface area contributed by atoms with E-state index in [0.717, 1.165) is 0 Å². The van der Waals surface area contributed by atoms with Gasteiger partial charge in [-0.3, -0.25) is 15.1 Å². The fourth-order valence-electron chi connectivity index (χ4n) is 2.68. The Balaban J connectivity index is 1.51. The molecule has 0 spiro atoms. The van der Waals surface area contributed by atoms with Crippen LogP contribution in [0.4, 0.5) is 5.13 Å². The maximum absolute atomic E-state index is 12.6. The largest absolute Gasteiger partial charge is 0.459 e. The molecule has 7 nitrogen and oxygen atoms in total. The van der Waals surface area contributed by atoms with Crippen molar-refractivity contribution < 1.29 is 17.6 Å². The maximum Gasteiger partial charge on any atom is 0.293 e. The van der Waals surface area contributed by atoms with E-state index in [1.54, 1.807) is 35.8 Å². The lowest BCUT2D eigenvalue weighted by Gasteiger charge is -2.05. The van der Waals surface area contributed by atoms with E-state index >= 15 is 0 Å². The zero-order valence-electron chi connectivity index (χ0n) is 15.0. The van der Waals surface area contributed by atoms with Gasteiger partial charge in [0.2, 0.25) is 0 Å². The van der Waals surface area contributed by atoms with E-state index in [0.29, 0.717) is 16.5 Å². The number of nitrogens with zero attached hydrogens (tertiary/aromatic N) is 2. The third kappa shape index (κ3) is 4.25. The molecule has 0 atom stereocenters. The molecule has 0 saturated heterocycles. The van der Waals surface area contributed by atoms with Crippen LogP contribution in [0.25, 0.3) is 11.4 Å². The number of hydrogen-bond donors (Lipinski definition) is 1. The molecule has 0 saturated carbocycles. The summed E-state index contributed by atoms with van der Waals surface area (Å²) in [5.41, 5.74) is 1.61. The molecule has 0 aliphatic rings. The van der Waals surface area contributed by atoms with E-state index in [-0.39, 0.29) is 22.0 Å². The lowest BCUT2D eigenvalue weighted by molar-refractivity contribution is 0.0996. The summed E-state index contributed by atoms with van der Waals surface area (Å²) < 4.78 is 30.5. The third-order valence-electron chi connectivity index (χ3n) is 4.05. The Morgan fingerprint density at radius 3 is 2.59 bits per heavy atom. The molecule has 3 heterocycles. The molecule has 1 N–H and O–H groups in total. The molecule has 3 aromatic heterocycles. The first-order valence-corrected chi connectivity index (χ1v) is 11.1. The second-order valence-electron chi connectivity index (χ2n) is 6.05. The monoisotopic (exact) mass is 425 g/mol. The molecule has 0 fully saturated rings. The van der Waals surface area contributed by atoms with Crippen LogP contribution in [0.3, 0.4) is 0 Å². The van der Waals surface area contributed by atoms with Gasteiger partial charge in [-0.2, -0.15) is 0 Å². The summed E-state index contributed by atoms with van der Waals surface area (Å²) in [6, 6.07) is 15.0. The van der Waals surface area contributed by atoms with Crippen LogP contribution in [-0.2, 0) is 15.6 Å². The van der Waals surface area contributed by atoms with Gasteiger partial charge in [0.25, 0.3) is 5.91 Å². The molecule has 9 heteroatoms. The zero-order chi connectivity index (χ0) is 20.3. The number of carbonyl (C=O) groups excluding carboxylic acids is 1. The quantitative estimate of drug-likeness (QED) is 0.500. The number of carbonyl (C=O) groups is 1. The molecule has 0 aliphatic heterocycles. The van der Waals surface area contributed by atoms with Crippen LogP contribution in [0.15, 0.2) is 81.8 Å². The number of sulfone groups is 1. The Hall–Kier alpha value is -3.30. The Morgan fingerprint density at radius 1 is 1.03 bits per heavy atom. The molecule has 1 amide bonds. The highest BCUT2D eigenvalue weighted by Crippen LogP contribution is 2.25. The Labute approximate surface area is 171 Å². The summed E-state index contributed by atoms with van der Waals surface area (Å²) in [7, 11) is -3.61. The summed E-state index contributed by atoms with van der Waals surface area (Å²) >= 11 is 1.24.